The number of nitrogens with zero attached hydrogens (tertiary/aromatic N) is 3. The van der Waals surface area contributed by atoms with E-state index in [-0.39, 0.29) is 5.91 Å². The highest BCUT2D eigenvalue weighted by Crippen LogP contribution is 2.15. The van der Waals surface area contributed by atoms with Gasteiger partial charge in [0.2, 0.25) is 4.96 Å². The molecule has 0 fully saturated rings. The number of hydrogen-bond acceptors (Lipinski definition) is 5. The summed E-state index contributed by atoms with van der Waals surface area (Å²) in [5, 5.41) is 8.74. The third-order valence-corrected chi connectivity index (χ3v) is 3.36. The van der Waals surface area contributed by atoms with Crippen molar-refractivity contribution in [2.75, 3.05) is 5.32 Å². The van der Waals surface area contributed by atoms with Crippen molar-refractivity contribution in [3.8, 4) is 0 Å². The van der Waals surface area contributed by atoms with E-state index < -0.39 is 0 Å². The summed E-state index contributed by atoms with van der Waals surface area (Å²) in [6, 6.07) is 3.52. The largest absolute Gasteiger partial charge is 0.465 e. The van der Waals surface area contributed by atoms with Crippen LogP contribution < -0.4 is 5.32 Å². The number of nitrogens with one attached hydrogen (secondary N) is 1. The van der Waals surface area contributed by atoms with Gasteiger partial charge in [0.25, 0.3) is 11.9 Å². The molecule has 3 aromatic rings. The average Bonchev–Trinajstić information content (AvgIpc) is 3.07. The number of furan rings is 1. The van der Waals surface area contributed by atoms with E-state index in [0.717, 1.165) is 10.7 Å². The molecule has 3 heterocycles. The number of carbonyl (C=O) groups is 1. The Morgan fingerprint density at radius 1 is 1.58 bits per heavy atom. The summed E-state index contributed by atoms with van der Waals surface area (Å²) < 4.78 is 6.78. The van der Waals surface area contributed by atoms with E-state index in [1.54, 1.807) is 29.0 Å². The Morgan fingerprint density at radius 2 is 2.47 bits per heavy atom. The molecule has 0 radical (unpaired) electrons. The lowest BCUT2D eigenvalue weighted by Gasteiger charge is -1.93. The second-order valence-electron chi connectivity index (χ2n) is 3.84. The molecular formula is C12H10N4O2S. The van der Waals surface area contributed by atoms with Gasteiger partial charge in [-0.1, -0.05) is 0 Å². The molecule has 6 nitrogen and oxygen atoms in total. The summed E-state index contributed by atoms with van der Waals surface area (Å²) >= 11 is 1.48. The molecule has 0 aromatic carbocycles. The van der Waals surface area contributed by atoms with E-state index in [2.05, 4.69) is 15.4 Å². The van der Waals surface area contributed by atoms with Crippen LogP contribution in [-0.2, 0) is 4.79 Å². The van der Waals surface area contributed by atoms with Crippen molar-refractivity contribution >= 4 is 34.2 Å². The van der Waals surface area contributed by atoms with Crippen molar-refractivity contribution < 1.29 is 9.21 Å². The molecule has 3 aromatic heterocycles. The second-order valence-corrected chi connectivity index (χ2v) is 4.68. The van der Waals surface area contributed by atoms with E-state index in [0.29, 0.717) is 11.7 Å². The van der Waals surface area contributed by atoms with Gasteiger partial charge in [-0.2, -0.15) is 4.98 Å². The van der Waals surface area contributed by atoms with Gasteiger partial charge in [0.15, 0.2) is 0 Å². The summed E-state index contributed by atoms with van der Waals surface area (Å²) in [6.07, 6.45) is 4.51. The highest BCUT2D eigenvalue weighted by atomic mass is 32.1. The molecule has 1 amide bonds. The maximum Gasteiger partial charge on any atom is 0.250 e. The maximum atomic E-state index is 11.7. The molecule has 0 unspecified atom stereocenters. The molecular weight excluding hydrogens is 264 g/mol. The highest BCUT2D eigenvalue weighted by Gasteiger charge is 2.08. The zero-order valence-electron chi connectivity index (χ0n) is 10.0. The predicted molar refractivity (Wildman–Crippen MR) is 72.0 cm³/mol. The minimum Gasteiger partial charge on any atom is -0.465 e. The molecule has 0 aliphatic rings. The van der Waals surface area contributed by atoms with Crippen LogP contribution in [0.2, 0.25) is 0 Å². The topological polar surface area (TPSA) is 72.4 Å². The van der Waals surface area contributed by atoms with Crippen molar-refractivity contribution in [2.24, 2.45) is 0 Å². The number of thiazole rings is 1. The van der Waals surface area contributed by atoms with Crippen molar-refractivity contribution in [3.05, 3.63) is 41.3 Å². The first-order valence-electron chi connectivity index (χ1n) is 5.56. The van der Waals surface area contributed by atoms with Crippen LogP contribution in [-0.4, -0.2) is 20.5 Å². The molecule has 0 spiro atoms. The number of carbonyl (C=O) groups excluding carboxylic acids is 1. The van der Waals surface area contributed by atoms with Crippen LogP contribution in [0.4, 0.5) is 5.95 Å². The van der Waals surface area contributed by atoms with Crippen LogP contribution in [0, 0.1) is 6.92 Å². The van der Waals surface area contributed by atoms with Crippen LogP contribution >= 0.6 is 11.3 Å². The lowest BCUT2D eigenvalue weighted by Crippen LogP contribution is -2.09. The third kappa shape index (κ3) is 2.41. The molecule has 19 heavy (non-hydrogen) atoms. The number of hydrogen-bond donors (Lipinski definition) is 1. The number of aryl methyl sites for hydroxylation is 1. The minimum atomic E-state index is -0.299. The fourth-order valence-corrected chi connectivity index (χ4v) is 2.34. The average molecular weight is 274 g/mol. The lowest BCUT2D eigenvalue weighted by atomic mass is 10.4. The van der Waals surface area contributed by atoms with Crippen molar-refractivity contribution in [1.82, 2.24) is 14.6 Å². The van der Waals surface area contributed by atoms with E-state index in [1.165, 1.54) is 17.4 Å². The van der Waals surface area contributed by atoms with Crippen LogP contribution in [0.1, 0.15) is 11.5 Å². The molecule has 7 heteroatoms. The number of rotatable bonds is 3. The first kappa shape index (κ1) is 11.7. The Labute approximate surface area is 112 Å². The lowest BCUT2D eigenvalue weighted by molar-refractivity contribution is -0.111. The van der Waals surface area contributed by atoms with E-state index >= 15 is 0 Å². The SMILES string of the molecule is Cc1csc2nc(NC(=O)/C=C/c3ccco3)nn12. The number of anilines is 1. The second kappa shape index (κ2) is 4.69. The van der Waals surface area contributed by atoms with Crippen molar-refractivity contribution in [3.63, 3.8) is 0 Å². The number of amides is 1. The van der Waals surface area contributed by atoms with Gasteiger partial charge in [-0.3, -0.25) is 10.1 Å². The fourth-order valence-electron chi connectivity index (χ4n) is 1.54. The smallest absolute Gasteiger partial charge is 0.250 e. The van der Waals surface area contributed by atoms with E-state index in [1.807, 2.05) is 12.3 Å². The van der Waals surface area contributed by atoms with Crippen molar-refractivity contribution in [1.29, 1.82) is 0 Å². The summed E-state index contributed by atoms with van der Waals surface area (Å²) in [7, 11) is 0. The molecule has 3 rings (SSSR count). The normalized spacial score (nSPS) is 11.4. The molecule has 0 saturated heterocycles. The third-order valence-electron chi connectivity index (χ3n) is 2.42. The van der Waals surface area contributed by atoms with Crippen LogP contribution in [0.25, 0.3) is 11.0 Å². The number of fused-ring (bicyclic) bond motifs is 1. The Morgan fingerprint density at radius 3 is 3.21 bits per heavy atom. The molecule has 96 valence electrons. The maximum absolute atomic E-state index is 11.7. The standard InChI is InChI=1S/C12H10N4O2S/c1-8-7-19-12-14-11(15-16(8)12)13-10(17)5-4-9-3-2-6-18-9/h2-7H,1H3,(H,13,15,17)/b5-4+. The van der Waals surface area contributed by atoms with E-state index in [9.17, 15) is 4.79 Å². The van der Waals surface area contributed by atoms with Crippen molar-refractivity contribution in [2.45, 2.75) is 6.92 Å². The quantitative estimate of drug-likeness (QED) is 0.744. The van der Waals surface area contributed by atoms with Gasteiger partial charge in [-0.25, -0.2) is 4.52 Å². The van der Waals surface area contributed by atoms with Gasteiger partial charge < -0.3 is 4.42 Å². The van der Waals surface area contributed by atoms with Crippen LogP contribution in [0.15, 0.2) is 34.3 Å². The predicted octanol–water partition coefficient (Wildman–Crippen LogP) is 2.34. The van der Waals surface area contributed by atoms with Gasteiger partial charge in [0.05, 0.1) is 12.0 Å². The molecule has 0 saturated carbocycles. The fraction of sp³-hybridized carbons (Fsp3) is 0.0833. The Balaban J connectivity index is 1.72. The van der Waals surface area contributed by atoms with E-state index in [4.69, 9.17) is 4.42 Å². The molecule has 0 aliphatic carbocycles. The number of aromatic nitrogens is 3. The zero-order chi connectivity index (χ0) is 13.2. The molecule has 0 atom stereocenters. The van der Waals surface area contributed by atoms with Gasteiger partial charge in [-0.05, 0) is 25.1 Å². The summed E-state index contributed by atoms with van der Waals surface area (Å²) in [5.41, 5.74) is 0.985. The zero-order valence-corrected chi connectivity index (χ0v) is 10.8. The highest BCUT2D eigenvalue weighted by molar-refractivity contribution is 7.15. The molecule has 0 aliphatic heterocycles. The van der Waals surface area contributed by atoms with Gasteiger partial charge in [0.1, 0.15) is 5.76 Å². The Bertz CT molecular complexity index is 739. The van der Waals surface area contributed by atoms with Crippen LogP contribution in [0.3, 0.4) is 0 Å². The summed E-state index contributed by atoms with van der Waals surface area (Å²) in [6.45, 7) is 1.93. The monoisotopic (exact) mass is 274 g/mol. The molecule has 1 N–H and O–H groups in total. The Hall–Kier alpha value is -2.41. The summed E-state index contributed by atoms with van der Waals surface area (Å²) in [5.74, 6) is 0.612. The minimum absolute atomic E-state index is 0.295. The van der Waals surface area contributed by atoms with Gasteiger partial charge in [-0.15, -0.1) is 16.4 Å². The first-order chi connectivity index (χ1) is 9.22. The van der Waals surface area contributed by atoms with Gasteiger partial charge in [0, 0.05) is 11.5 Å². The Kier molecular flexibility index (Phi) is 2.88. The summed E-state index contributed by atoms with van der Waals surface area (Å²) in [4.78, 5) is 16.6. The molecule has 0 bridgehead atoms. The van der Waals surface area contributed by atoms with Gasteiger partial charge >= 0.3 is 0 Å². The first-order valence-corrected chi connectivity index (χ1v) is 6.44. The van der Waals surface area contributed by atoms with Crippen LogP contribution in [0.5, 0.6) is 0 Å².